The summed E-state index contributed by atoms with van der Waals surface area (Å²) in [6.45, 7) is 1.51. The van der Waals surface area contributed by atoms with Gasteiger partial charge in [0.05, 0.1) is 12.2 Å². The van der Waals surface area contributed by atoms with Crippen LogP contribution in [0.1, 0.15) is 33.2 Å². The van der Waals surface area contributed by atoms with Crippen LogP contribution in [-0.4, -0.2) is 20.0 Å². The molecule has 0 aliphatic carbocycles. The van der Waals surface area contributed by atoms with Gasteiger partial charge in [0.1, 0.15) is 0 Å². The fourth-order valence-corrected chi connectivity index (χ4v) is 5.05. The Morgan fingerprint density at radius 1 is 1.00 bits per heavy atom. The number of Topliss-reactive ketones (excluding diaryl/α,β-unsaturated/α-hetero) is 2. The fourth-order valence-electron chi connectivity index (χ4n) is 3.40. The summed E-state index contributed by atoms with van der Waals surface area (Å²) in [4.78, 5) is 24.1. The lowest BCUT2D eigenvalue weighted by Crippen LogP contribution is -2.39. The average Bonchev–Trinajstić information content (AvgIpc) is 2.78. The SMILES string of the molecule is CC(=O)c1ccc(N/C=C2\C(=O)c3ccccc3N(Cc3ccc(Cl)cc3)S2(=O)=O)cc1. The molecule has 1 aliphatic rings. The molecule has 6 nitrogen and oxygen atoms in total. The van der Waals surface area contributed by atoms with Gasteiger partial charge in [0.25, 0.3) is 10.0 Å². The highest BCUT2D eigenvalue weighted by atomic mass is 35.5. The van der Waals surface area contributed by atoms with Crippen LogP contribution in [0.4, 0.5) is 11.4 Å². The largest absolute Gasteiger partial charge is 0.360 e. The summed E-state index contributed by atoms with van der Waals surface area (Å²) in [6, 6.07) is 20.0. The van der Waals surface area contributed by atoms with E-state index in [1.54, 1.807) is 72.8 Å². The van der Waals surface area contributed by atoms with Gasteiger partial charge in [-0.25, -0.2) is 8.42 Å². The Balaban J connectivity index is 1.73. The standard InChI is InChI=1S/C24H19ClN2O4S/c1-16(28)18-8-12-20(13-9-18)26-14-23-24(29)21-4-2-3-5-22(21)27(32(23,30)31)15-17-6-10-19(25)11-7-17/h2-14,26H,15H2,1H3/b23-14+. The maximum atomic E-state index is 13.4. The smallest absolute Gasteiger partial charge is 0.270 e. The average molecular weight is 467 g/mol. The molecule has 0 atom stereocenters. The molecule has 0 saturated carbocycles. The van der Waals surface area contributed by atoms with Gasteiger partial charge < -0.3 is 5.32 Å². The number of sulfonamides is 1. The molecule has 0 bridgehead atoms. The highest BCUT2D eigenvalue weighted by Crippen LogP contribution is 2.36. The summed E-state index contributed by atoms with van der Waals surface area (Å²) in [5.41, 5.74) is 2.45. The molecule has 0 amide bonds. The molecule has 1 aliphatic heterocycles. The van der Waals surface area contributed by atoms with Crippen LogP contribution in [0, 0.1) is 0 Å². The number of rotatable bonds is 5. The van der Waals surface area contributed by atoms with Crippen molar-refractivity contribution in [3.63, 3.8) is 0 Å². The van der Waals surface area contributed by atoms with Gasteiger partial charge in [0.15, 0.2) is 10.7 Å². The molecule has 0 radical (unpaired) electrons. The molecule has 4 rings (SSSR count). The quantitative estimate of drug-likeness (QED) is 0.421. The van der Waals surface area contributed by atoms with Crippen molar-refractivity contribution >= 4 is 44.6 Å². The highest BCUT2D eigenvalue weighted by molar-refractivity contribution is 7.97. The van der Waals surface area contributed by atoms with Crippen molar-refractivity contribution < 1.29 is 18.0 Å². The van der Waals surface area contributed by atoms with E-state index in [4.69, 9.17) is 11.6 Å². The number of hydrogen-bond donors (Lipinski definition) is 1. The van der Waals surface area contributed by atoms with E-state index in [2.05, 4.69) is 5.32 Å². The molecule has 0 unspecified atom stereocenters. The van der Waals surface area contributed by atoms with Gasteiger partial charge in [0, 0.05) is 28.0 Å². The molecule has 0 aromatic heterocycles. The van der Waals surface area contributed by atoms with Gasteiger partial charge in [-0.2, -0.15) is 0 Å². The number of carbonyl (C=O) groups is 2. The number of para-hydroxylation sites is 1. The van der Waals surface area contributed by atoms with Crippen molar-refractivity contribution in [1.29, 1.82) is 0 Å². The van der Waals surface area contributed by atoms with Crippen LogP contribution in [0.15, 0.2) is 83.9 Å². The van der Waals surface area contributed by atoms with E-state index in [0.717, 1.165) is 5.56 Å². The Labute approximate surface area is 191 Å². The second-order valence-corrected chi connectivity index (χ2v) is 9.54. The summed E-state index contributed by atoms with van der Waals surface area (Å²) < 4.78 is 28.1. The summed E-state index contributed by atoms with van der Waals surface area (Å²) in [5, 5.41) is 3.42. The highest BCUT2D eigenvalue weighted by Gasteiger charge is 2.40. The molecule has 1 N–H and O–H groups in total. The van der Waals surface area contributed by atoms with Crippen LogP contribution in [0.2, 0.25) is 5.02 Å². The normalized spacial score (nSPS) is 16.0. The molecule has 1 heterocycles. The molecule has 3 aromatic carbocycles. The number of hydrogen-bond acceptors (Lipinski definition) is 5. The van der Waals surface area contributed by atoms with Gasteiger partial charge in [-0.05, 0) is 61.0 Å². The van der Waals surface area contributed by atoms with E-state index >= 15 is 0 Å². The number of nitrogens with one attached hydrogen (secondary N) is 1. The Kier molecular flexibility index (Phi) is 5.86. The van der Waals surface area contributed by atoms with Crippen molar-refractivity contribution in [3.8, 4) is 0 Å². The Bertz CT molecular complexity index is 1330. The number of fused-ring (bicyclic) bond motifs is 1. The topological polar surface area (TPSA) is 83.6 Å². The number of carbonyl (C=O) groups excluding carboxylic acids is 2. The number of benzene rings is 3. The summed E-state index contributed by atoms with van der Waals surface area (Å²) in [7, 11) is -4.13. The molecule has 0 saturated heterocycles. The van der Waals surface area contributed by atoms with E-state index < -0.39 is 15.8 Å². The fraction of sp³-hybridized carbons (Fsp3) is 0.0833. The van der Waals surface area contributed by atoms with E-state index in [-0.39, 0.29) is 17.2 Å². The van der Waals surface area contributed by atoms with Gasteiger partial charge in [0.2, 0.25) is 5.78 Å². The Morgan fingerprint density at radius 3 is 2.31 bits per heavy atom. The molecule has 3 aromatic rings. The number of allylic oxidation sites excluding steroid dienone is 1. The molecular weight excluding hydrogens is 448 g/mol. The van der Waals surface area contributed by atoms with E-state index in [9.17, 15) is 18.0 Å². The van der Waals surface area contributed by atoms with Gasteiger partial charge in [-0.1, -0.05) is 35.9 Å². The maximum absolute atomic E-state index is 13.4. The van der Waals surface area contributed by atoms with Crippen molar-refractivity contribution in [2.75, 3.05) is 9.62 Å². The zero-order chi connectivity index (χ0) is 22.9. The zero-order valence-corrected chi connectivity index (χ0v) is 18.7. The monoisotopic (exact) mass is 466 g/mol. The molecule has 162 valence electrons. The molecule has 0 spiro atoms. The summed E-state index contributed by atoms with van der Waals surface area (Å²) in [6.07, 6.45) is 1.20. The number of nitrogens with zero attached hydrogens (tertiary/aromatic N) is 1. The predicted octanol–water partition coefficient (Wildman–Crippen LogP) is 5.03. The molecule has 0 fully saturated rings. The molecule has 8 heteroatoms. The second kappa shape index (κ2) is 8.61. The summed E-state index contributed by atoms with van der Waals surface area (Å²) >= 11 is 5.95. The first-order chi connectivity index (χ1) is 15.3. The third-order valence-corrected chi connectivity index (χ3v) is 7.13. The van der Waals surface area contributed by atoms with Crippen molar-refractivity contribution in [3.05, 3.63) is 106 Å². The van der Waals surface area contributed by atoms with Crippen LogP contribution in [-0.2, 0) is 16.6 Å². The minimum Gasteiger partial charge on any atom is -0.360 e. The van der Waals surface area contributed by atoms with Crippen LogP contribution < -0.4 is 9.62 Å². The number of halogens is 1. The Hall–Kier alpha value is -3.42. The lowest BCUT2D eigenvalue weighted by Gasteiger charge is -2.31. The Morgan fingerprint density at radius 2 is 1.66 bits per heavy atom. The van der Waals surface area contributed by atoms with E-state index in [1.165, 1.54) is 17.4 Å². The molecule has 32 heavy (non-hydrogen) atoms. The third kappa shape index (κ3) is 4.17. The van der Waals surface area contributed by atoms with Crippen LogP contribution in [0.25, 0.3) is 0 Å². The van der Waals surface area contributed by atoms with Gasteiger partial charge >= 0.3 is 0 Å². The van der Waals surface area contributed by atoms with Crippen molar-refractivity contribution in [2.45, 2.75) is 13.5 Å². The minimum absolute atomic E-state index is 0.0500. The lowest BCUT2D eigenvalue weighted by molar-refractivity contribution is 0.101. The summed E-state index contributed by atoms with van der Waals surface area (Å²) in [5.74, 6) is -0.657. The van der Waals surface area contributed by atoms with E-state index in [1.807, 2.05) is 0 Å². The van der Waals surface area contributed by atoms with Gasteiger partial charge in [-0.15, -0.1) is 0 Å². The van der Waals surface area contributed by atoms with Crippen molar-refractivity contribution in [2.24, 2.45) is 0 Å². The predicted molar refractivity (Wildman–Crippen MR) is 125 cm³/mol. The van der Waals surface area contributed by atoms with E-state index in [0.29, 0.717) is 27.5 Å². The van der Waals surface area contributed by atoms with Crippen LogP contribution in [0.5, 0.6) is 0 Å². The first-order valence-corrected chi connectivity index (χ1v) is 11.6. The van der Waals surface area contributed by atoms with Crippen LogP contribution >= 0.6 is 11.6 Å². The maximum Gasteiger partial charge on any atom is 0.270 e. The zero-order valence-electron chi connectivity index (χ0n) is 17.1. The third-order valence-electron chi connectivity index (χ3n) is 5.11. The second-order valence-electron chi connectivity index (χ2n) is 7.27. The van der Waals surface area contributed by atoms with Gasteiger partial charge in [-0.3, -0.25) is 13.9 Å². The van der Waals surface area contributed by atoms with Crippen LogP contribution in [0.3, 0.4) is 0 Å². The number of anilines is 2. The lowest BCUT2D eigenvalue weighted by atomic mass is 10.1. The number of ketones is 2. The first kappa shape index (κ1) is 21.8. The van der Waals surface area contributed by atoms with Crippen molar-refractivity contribution in [1.82, 2.24) is 0 Å². The first-order valence-electron chi connectivity index (χ1n) is 9.76. The molecular formula is C24H19ClN2O4S. The minimum atomic E-state index is -4.13.